The second-order valence-corrected chi connectivity index (χ2v) is 6.16. The zero-order chi connectivity index (χ0) is 7.44. The fraction of sp³-hybridized carbons (Fsp3) is 0.600. The highest BCUT2D eigenvalue weighted by molar-refractivity contribution is 9.49. The molecule has 0 spiro atoms. The Morgan fingerprint density at radius 2 is 1.89 bits per heavy atom. The Balaban J connectivity index is 3.84. The van der Waals surface area contributed by atoms with Crippen LogP contribution >= 0.6 is 47.4 Å². The van der Waals surface area contributed by atoms with Gasteiger partial charge in [-0.15, -0.1) is 31.5 Å². The van der Waals surface area contributed by atoms with Crippen LogP contribution in [0.2, 0.25) is 0 Å². The fourth-order valence-corrected chi connectivity index (χ4v) is 1.86. The molecule has 52 valence electrons. The van der Waals surface area contributed by atoms with Crippen LogP contribution in [-0.4, -0.2) is 4.36 Å². The van der Waals surface area contributed by atoms with E-state index in [4.69, 9.17) is 0 Å². The first-order valence-corrected chi connectivity index (χ1v) is 5.32. The molecule has 0 amide bonds. The molecule has 0 aliphatic carbocycles. The van der Waals surface area contributed by atoms with Gasteiger partial charge in [0.1, 0.15) is 0 Å². The van der Waals surface area contributed by atoms with Crippen molar-refractivity contribution < 1.29 is 0 Å². The molecule has 9 heavy (non-hydrogen) atoms. The van der Waals surface area contributed by atoms with Crippen LogP contribution in [0.5, 0.6) is 0 Å². The lowest BCUT2D eigenvalue weighted by Gasteiger charge is -2.01. The summed E-state index contributed by atoms with van der Waals surface area (Å²) in [4.78, 5) is 0. The quantitative estimate of drug-likeness (QED) is 0.681. The Morgan fingerprint density at radius 1 is 1.44 bits per heavy atom. The molecule has 0 saturated heterocycles. The van der Waals surface area contributed by atoms with Crippen LogP contribution in [0.4, 0.5) is 0 Å². The van der Waals surface area contributed by atoms with Crippen molar-refractivity contribution in [1.82, 2.24) is 0 Å². The molecule has 0 aromatic rings. The van der Waals surface area contributed by atoms with E-state index in [9.17, 15) is 0 Å². The topological polar surface area (TPSA) is 0 Å². The van der Waals surface area contributed by atoms with Gasteiger partial charge in [-0.05, 0) is 10.4 Å². The van der Waals surface area contributed by atoms with Crippen molar-refractivity contribution >= 4 is 51.8 Å². The lowest BCUT2D eigenvalue weighted by molar-refractivity contribution is 0.822. The second kappa shape index (κ2) is 4.97. The van der Waals surface area contributed by atoms with E-state index in [1.165, 1.54) is 4.48 Å². The molecule has 0 unspecified atom stereocenters. The normalized spacial score (nSPS) is 12.4. The van der Waals surface area contributed by atoms with Gasteiger partial charge in [0.2, 0.25) is 0 Å². The van der Waals surface area contributed by atoms with E-state index in [-0.39, 0.29) is 4.36 Å². The first-order valence-electron chi connectivity index (χ1n) is 2.69. The molecule has 0 N–H and O–H groups in total. The Morgan fingerprint density at radius 3 is 2.00 bits per heavy atom. The summed E-state index contributed by atoms with van der Waals surface area (Å²) < 4.78 is 1.50. The maximum Gasteiger partial charge on any atom is 0.323 e. The molecule has 0 rings (SSSR count). The van der Waals surface area contributed by atoms with E-state index in [2.05, 4.69) is 67.3 Å². The van der Waals surface area contributed by atoms with E-state index in [0.29, 0.717) is 5.92 Å². The molecule has 0 aliphatic heterocycles. The summed E-state index contributed by atoms with van der Waals surface area (Å²) in [7, 11) is 0. The number of halogens is 3. The highest BCUT2D eigenvalue weighted by Crippen LogP contribution is 2.19. The lowest BCUT2D eigenvalue weighted by Crippen LogP contribution is -1.90. The van der Waals surface area contributed by atoms with Crippen molar-refractivity contribution in [3.05, 3.63) is 10.5 Å². The summed E-state index contributed by atoms with van der Waals surface area (Å²) >= 11 is 10.2. The van der Waals surface area contributed by atoms with Crippen molar-refractivity contribution in [2.75, 3.05) is 0 Å². The number of hydrogen-bond acceptors (Lipinski definition) is 0. The zero-order valence-corrected chi connectivity index (χ0v) is 10.1. The molecule has 0 saturated carbocycles. The third-order valence-electron chi connectivity index (χ3n) is 0.837. The summed E-state index contributed by atoms with van der Waals surface area (Å²) in [6.07, 6.45) is 0. The van der Waals surface area contributed by atoms with Gasteiger partial charge in [0.25, 0.3) is 0 Å². The summed E-state index contributed by atoms with van der Waals surface area (Å²) in [5.41, 5.74) is 0. The Labute approximate surface area is 81.6 Å². The molecule has 4 heteroatoms. The van der Waals surface area contributed by atoms with E-state index in [1.807, 2.05) is 0 Å². The van der Waals surface area contributed by atoms with Crippen LogP contribution in [0.25, 0.3) is 0 Å². The van der Waals surface area contributed by atoms with E-state index >= 15 is 0 Å². The number of hydrogen-bond donors (Lipinski definition) is 0. The zero-order valence-electron chi connectivity index (χ0n) is 5.37. The van der Waals surface area contributed by atoms with Crippen molar-refractivity contribution in [2.45, 2.75) is 13.8 Å². The SMILES string of the molecule is CC(C)/C(Br)=C/B(Br)Br. The molecule has 0 aliphatic rings. The third kappa shape index (κ3) is 5.68. The Bertz CT molecular complexity index is 109. The van der Waals surface area contributed by atoms with Crippen LogP contribution in [0.3, 0.4) is 0 Å². The standard InChI is InChI=1S/C5H8BBr3/c1-4(2)5(7)3-6(8)9/h3-4H,1-2H3/b5-3-. The summed E-state index contributed by atoms with van der Waals surface area (Å²) in [5.74, 6) is 2.65. The van der Waals surface area contributed by atoms with Gasteiger partial charge in [0.05, 0.1) is 0 Å². The van der Waals surface area contributed by atoms with Gasteiger partial charge >= 0.3 is 4.36 Å². The van der Waals surface area contributed by atoms with E-state index in [1.54, 1.807) is 0 Å². The van der Waals surface area contributed by atoms with Gasteiger partial charge in [-0.1, -0.05) is 35.8 Å². The van der Waals surface area contributed by atoms with Crippen molar-refractivity contribution in [2.24, 2.45) is 5.92 Å². The molecule has 0 heterocycles. The molecular formula is C5H8BBr3. The van der Waals surface area contributed by atoms with Gasteiger partial charge in [-0.3, -0.25) is 0 Å². The minimum absolute atomic E-state index is 0.279. The molecule has 0 bridgehead atoms. The first-order chi connectivity index (χ1) is 4.04. The minimum atomic E-state index is 0.279. The third-order valence-corrected chi connectivity index (χ3v) is 2.55. The lowest BCUT2D eigenvalue weighted by atomic mass is 10.1. The molecule has 0 fully saturated rings. The Hall–Kier alpha value is 1.24. The van der Waals surface area contributed by atoms with Crippen LogP contribution in [0, 0.1) is 5.92 Å². The van der Waals surface area contributed by atoms with Crippen LogP contribution in [0.15, 0.2) is 10.5 Å². The maximum atomic E-state index is 3.44. The van der Waals surface area contributed by atoms with Crippen LogP contribution in [-0.2, 0) is 0 Å². The predicted octanol–water partition coefficient (Wildman–Crippen LogP) is 3.74. The second-order valence-electron chi connectivity index (χ2n) is 2.04. The molecule has 0 nitrogen and oxygen atoms in total. The van der Waals surface area contributed by atoms with Gasteiger partial charge < -0.3 is 0 Å². The van der Waals surface area contributed by atoms with Crippen LogP contribution < -0.4 is 0 Å². The monoisotopic (exact) mass is 316 g/mol. The van der Waals surface area contributed by atoms with Gasteiger partial charge in [-0.2, -0.15) is 0 Å². The van der Waals surface area contributed by atoms with Gasteiger partial charge in [0, 0.05) is 0 Å². The van der Waals surface area contributed by atoms with Crippen molar-refractivity contribution in [3.63, 3.8) is 0 Å². The average Bonchev–Trinajstić information content (AvgIpc) is 1.63. The number of rotatable bonds is 2. The van der Waals surface area contributed by atoms with Crippen LogP contribution in [0.1, 0.15) is 13.8 Å². The van der Waals surface area contributed by atoms with Crippen molar-refractivity contribution in [1.29, 1.82) is 0 Å². The van der Waals surface area contributed by atoms with E-state index < -0.39 is 0 Å². The van der Waals surface area contributed by atoms with Gasteiger partial charge in [-0.25, -0.2) is 0 Å². The van der Waals surface area contributed by atoms with Gasteiger partial charge in [0.15, 0.2) is 0 Å². The number of allylic oxidation sites excluding steroid dienone is 1. The Kier molecular flexibility index (Phi) is 5.66. The summed E-state index contributed by atoms with van der Waals surface area (Å²) in [6, 6.07) is 0. The van der Waals surface area contributed by atoms with E-state index in [0.717, 1.165) is 0 Å². The maximum absolute atomic E-state index is 3.44. The largest absolute Gasteiger partial charge is 0.323 e. The smallest absolute Gasteiger partial charge is 0.133 e. The molecule has 0 atom stereocenters. The predicted molar refractivity (Wildman–Crippen MR) is 55.5 cm³/mol. The summed E-state index contributed by atoms with van der Waals surface area (Å²) in [6.45, 7) is 4.28. The molecular weight excluding hydrogens is 311 g/mol. The fourth-order valence-electron chi connectivity index (χ4n) is 0.313. The molecule has 0 aromatic carbocycles. The minimum Gasteiger partial charge on any atom is -0.133 e. The average molecular weight is 319 g/mol. The summed E-state index contributed by atoms with van der Waals surface area (Å²) in [5, 5.41) is 0. The first kappa shape index (κ1) is 10.2. The highest BCUT2D eigenvalue weighted by Gasteiger charge is 2.03. The van der Waals surface area contributed by atoms with Crippen molar-refractivity contribution in [3.8, 4) is 0 Å². The highest BCUT2D eigenvalue weighted by atomic mass is 79.9. The molecule has 0 aromatic heterocycles. The molecule has 0 radical (unpaired) electrons.